The lowest BCUT2D eigenvalue weighted by Gasteiger charge is -2.09. The first-order valence-electron chi connectivity index (χ1n) is 4.55. The van der Waals surface area contributed by atoms with Crippen molar-refractivity contribution in [3.8, 4) is 0 Å². The first-order valence-corrected chi connectivity index (χ1v) is 4.55. The van der Waals surface area contributed by atoms with E-state index in [-0.39, 0.29) is 6.42 Å². The van der Waals surface area contributed by atoms with E-state index in [2.05, 4.69) is 13.5 Å². The Kier molecular flexibility index (Phi) is 6.44. The van der Waals surface area contributed by atoms with Gasteiger partial charge in [-0.05, 0) is 18.8 Å². The third kappa shape index (κ3) is 5.96. The summed E-state index contributed by atoms with van der Waals surface area (Å²) in [6.45, 7) is 5.84. The Morgan fingerprint density at radius 1 is 1.58 bits per heavy atom. The number of unbranched alkanes of at least 4 members (excludes halogenated alkanes) is 1. The van der Waals surface area contributed by atoms with Crippen LogP contribution >= 0.6 is 0 Å². The lowest BCUT2D eigenvalue weighted by atomic mass is 9.97. The lowest BCUT2D eigenvalue weighted by Crippen LogP contribution is -2.01. The predicted molar refractivity (Wildman–Crippen MR) is 50.1 cm³/mol. The molecule has 0 saturated heterocycles. The maximum atomic E-state index is 10.3. The number of carboxylic acids is 1. The van der Waals surface area contributed by atoms with Crippen LogP contribution in [0.5, 0.6) is 0 Å². The summed E-state index contributed by atoms with van der Waals surface area (Å²) in [5.74, 6) is -0.320. The summed E-state index contributed by atoms with van der Waals surface area (Å²) in [7, 11) is 0. The third-order valence-electron chi connectivity index (χ3n) is 1.99. The van der Waals surface area contributed by atoms with Gasteiger partial charge in [0.1, 0.15) is 0 Å². The van der Waals surface area contributed by atoms with Crippen molar-refractivity contribution in [2.24, 2.45) is 5.92 Å². The quantitative estimate of drug-likeness (QED) is 0.596. The Hall–Kier alpha value is -0.790. The molecule has 0 saturated carbocycles. The van der Waals surface area contributed by atoms with Gasteiger partial charge in [-0.15, -0.1) is 6.58 Å². The van der Waals surface area contributed by atoms with E-state index in [4.69, 9.17) is 5.11 Å². The molecule has 0 aliphatic rings. The van der Waals surface area contributed by atoms with Crippen molar-refractivity contribution in [3.05, 3.63) is 12.7 Å². The second kappa shape index (κ2) is 6.89. The fourth-order valence-electron chi connectivity index (χ4n) is 1.16. The normalized spacial score (nSPS) is 12.4. The largest absolute Gasteiger partial charge is 0.481 e. The van der Waals surface area contributed by atoms with Crippen LogP contribution in [0.1, 0.15) is 39.0 Å². The van der Waals surface area contributed by atoms with E-state index in [1.165, 1.54) is 0 Å². The van der Waals surface area contributed by atoms with Gasteiger partial charge < -0.3 is 5.11 Å². The molecule has 2 heteroatoms. The summed E-state index contributed by atoms with van der Waals surface area (Å²) in [6.07, 6.45) is 6.28. The minimum Gasteiger partial charge on any atom is -0.481 e. The summed E-state index contributed by atoms with van der Waals surface area (Å²) in [6, 6.07) is 0. The molecule has 0 aromatic heterocycles. The van der Waals surface area contributed by atoms with Gasteiger partial charge in [0, 0.05) is 6.42 Å². The predicted octanol–water partition coefficient (Wildman–Crippen LogP) is 2.84. The maximum Gasteiger partial charge on any atom is 0.303 e. The van der Waals surface area contributed by atoms with Crippen LogP contribution in [0.4, 0.5) is 0 Å². The highest BCUT2D eigenvalue weighted by Gasteiger charge is 2.05. The van der Waals surface area contributed by atoms with Gasteiger partial charge in [0.25, 0.3) is 0 Å². The smallest absolute Gasteiger partial charge is 0.303 e. The molecule has 0 rings (SSSR count). The molecule has 1 atom stereocenters. The van der Waals surface area contributed by atoms with E-state index in [0.717, 1.165) is 25.7 Å². The fourth-order valence-corrected chi connectivity index (χ4v) is 1.16. The summed E-state index contributed by atoms with van der Waals surface area (Å²) in [4.78, 5) is 10.3. The Bertz CT molecular complexity index is 141. The Balaban J connectivity index is 3.52. The molecular formula is C10H18O2. The summed E-state index contributed by atoms with van der Waals surface area (Å²) in [5, 5.41) is 8.45. The number of carbonyl (C=O) groups is 1. The van der Waals surface area contributed by atoms with Crippen molar-refractivity contribution in [2.75, 3.05) is 0 Å². The number of allylic oxidation sites excluding steroid dienone is 1. The van der Waals surface area contributed by atoms with Crippen molar-refractivity contribution in [3.63, 3.8) is 0 Å². The van der Waals surface area contributed by atoms with Crippen LogP contribution in [0.25, 0.3) is 0 Å². The van der Waals surface area contributed by atoms with Gasteiger partial charge >= 0.3 is 5.97 Å². The zero-order chi connectivity index (χ0) is 9.40. The van der Waals surface area contributed by atoms with Gasteiger partial charge in [0.05, 0.1) is 0 Å². The van der Waals surface area contributed by atoms with Crippen molar-refractivity contribution >= 4 is 5.97 Å². The molecule has 0 heterocycles. The molecular weight excluding hydrogens is 152 g/mol. The van der Waals surface area contributed by atoms with Crippen LogP contribution in [0, 0.1) is 5.92 Å². The van der Waals surface area contributed by atoms with Crippen LogP contribution in [-0.2, 0) is 4.79 Å². The van der Waals surface area contributed by atoms with Gasteiger partial charge in [-0.2, -0.15) is 0 Å². The molecule has 0 aliphatic heterocycles. The Labute approximate surface area is 74.3 Å². The van der Waals surface area contributed by atoms with Crippen LogP contribution < -0.4 is 0 Å². The van der Waals surface area contributed by atoms with Crippen molar-refractivity contribution in [2.45, 2.75) is 39.0 Å². The molecule has 0 aromatic rings. The average Bonchev–Trinajstić information content (AvgIpc) is 2.05. The average molecular weight is 170 g/mol. The number of aliphatic carboxylic acids is 1. The SMILES string of the molecule is C=CC(CCCC)CCC(=O)O. The third-order valence-corrected chi connectivity index (χ3v) is 1.99. The van der Waals surface area contributed by atoms with Crippen molar-refractivity contribution in [1.29, 1.82) is 0 Å². The standard InChI is InChI=1S/C10H18O2/c1-3-5-6-9(4-2)7-8-10(11)12/h4,9H,2-3,5-8H2,1H3,(H,11,12). The molecule has 0 aromatic carbocycles. The molecule has 70 valence electrons. The summed E-state index contributed by atoms with van der Waals surface area (Å²) >= 11 is 0. The van der Waals surface area contributed by atoms with Crippen LogP contribution in [-0.4, -0.2) is 11.1 Å². The van der Waals surface area contributed by atoms with Crippen molar-refractivity contribution in [1.82, 2.24) is 0 Å². The summed E-state index contributed by atoms with van der Waals surface area (Å²) < 4.78 is 0. The molecule has 12 heavy (non-hydrogen) atoms. The highest BCUT2D eigenvalue weighted by atomic mass is 16.4. The zero-order valence-electron chi connectivity index (χ0n) is 7.75. The molecule has 1 N–H and O–H groups in total. The van der Waals surface area contributed by atoms with Gasteiger partial charge in [-0.3, -0.25) is 4.79 Å². The highest BCUT2D eigenvalue weighted by molar-refractivity contribution is 5.66. The van der Waals surface area contributed by atoms with E-state index in [1.54, 1.807) is 0 Å². The first-order chi connectivity index (χ1) is 5.70. The monoisotopic (exact) mass is 170 g/mol. The molecule has 1 unspecified atom stereocenters. The van der Waals surface area contributed by atoms with E-state index < -0.39 is 5.97 Å². The first kappa shape index (κ1) is 11.2. The summed E-state index contributed by atoms with van der Waals surface area (Å²) in [5.41, 5.74) is 0. The molecule has 0 aliphatic carbocycles. The van der Waals surface area contributed by atoms with Gasteiger partial charge in [-0.1, -0.05) is 25.8 Å². The molecule has 0 fully saturated rings. The Morgan fingerprint density at radius 3 is 2.67 bits per heavy atom. The number of rotatable bonds is 7. The van der Waals surface area contributed by atoms with E-state index in [1.807, 2.05) is 6.08 Å². The molecule has 0 spiro atoms. The number of hydrogen-bond acceptors (Lipinski definition) is 1. The van der Waals surface area contributed by atoms with E-state index >= 15 is 0 Å². The van der Waals surface area contributed by atoms with Gasteiger partial charge in [0.2, 0.25) is 0 Å². The molecule has 0 bridgehead atoms. The fraction of sp³-hybridized carbons (Fsp3) is 0.700. The molecule has 2 nitrogen and oxygen atoms in total. The Morgan fingerprint density at radius 2 is 2.25 bits per heavy atom. The second-order valence-electron chi connectivity index (χ2n) is 3.07. The highest BCUT2D eigenvalue weighted by Crippen LogP contribution is 2.15. The topological polar surface area (TPSA) is 37.3 Å². The maximum absolute atomic E-state index is 10.3. The van der Waals surface area contributed by atoms with Gasteiger partial charge in [-0.25, -0.2) is 0 Å². The van der Waals surface area contributed by atoms with Gasteiger partial charge in [0.15, 0.2) is 0 Å². The van der Waals surface area contributed by atoms with Crippen LogP contribution in [0.15, 0.2) is 12.7 Å². The van der Waals surface area contributed by atoms with Crippen molar-refractivity contribution < 1.29 is 9.90 Å². The minimum absolute atomic E-state index is 0.264. The van der Waals surface area contributed by atoms with Crippen LogP contribution in [0.3, 0.4) is 0 Å². The molecule has 0 radical (unpaired) electrons. The van der Waals surface area contributed by atoms with E-state index in [9.17, 15) is 4.79 Å². The lowest BCUT2D eigenvalue weighted by molar-refractivity contribution is -0.137. The van der Waals surface area contributed by atoms with Crippen LogP contribution in [0.2, 0.25) is 0 Å². The molecule has 0 amide bonds. The second-order valence-corrected chi connectivity index (χ2v) is 3.07. The number of hydrogen-bond donors (Lipinski definition) is 1. The van der Waals surface area contributed by atoms with E-state index in [0.29, 0.717) is 5.92 Å². The zero-order valence-corrected chi connectivity index (χ0v) is 7.75. The minimum atomic E-state index is -0.710. The number of carboxylic acid groups (broad SMARTS) is 1.